The van der Waals surface area contributed by atoms with E-state index in [-0.39, 0.29) is 0 Å². The Labute approximate surface area is 75.7 Å². The molecule has 0 bridgehead atoms. The molecule has 0 amide bonds. The third kappa shape index (κ3) is 1.25. The van der Waals surface area contributed by atoms with Gasteiger partial charge in [-0.2, -0.15) is 0 Å². The number of hydrogen-bond donors (Lipinski definition) is 2. The van der Waals surface area contributed by atoms with Gasteiger partial charge >= 0.3 is 0 Å². The van der Waals surface area contributed by atoms with Crippen molar-refractivity contribution in [3.8, 4) is 5.75 Å². The maximum absolute atomic E-state index is 5.51. The van der Waals surface area contributed by atoms with Crippen LogP contribution in [0.1, 0.15) is 5.69 Å². The molecule has 2 aromatic heterocycles. The summed E-state index contributed by atoms with van der Waals surface area (Å²) in [5, 5.41) is 0. The minimum absolute atomic E-state index is 0.486. The summed E-state index contributed by atoms with van der Waals surface area (Å²) >= 11 is 0. The molecule has 4 nitrogen and oxygen atoms in total. The smallest absolute Gasteiger partial charge is 0.146 e. The fourth-order valence-corrected chi connectivity index (χ4v) is 1.34. The molecule has 3 N–H and O–H groups in total. The molecule has 2 heterocycles. The number of aromatic nitrogens is 2. The van der Waals surface area contributed by atoms with Crippen molar-refractivity contribution in [2.24, 2.45) is 5.73 Å². The molecule has 0 radical (unpaired) electrons. The molecule has 0 atom stereocenters. The number of nitrogens with zero attached hydrogens (tertiary/aromatic N) is 1. The second-order valence-electron chi connectivity index (χ2n) is 2.77. The van der Waals surface area contributed by atoms with Crippen LogP contribution in [0, 0.1) is 0 Å². The topological polar surface area (TPSA) is 63.9 Å². The van der Waals surface area contributed by atoms with Crippen molar-refractivity contribution in [3.63, 3.8) is 0 Å². The van der Waals surface area contributed by atoms with Gasteiger partial charge in [-0.1, -0.05) is 0 Å². The molecule has 0 aliphatic rings. The molecule has 2 aromatic rings. The van der Waals surface area contributed by atoms with Crippen molar-refractivity contribution in [1.82, 2.24) is 9.97 Å². The number of nitrogens with two attached hydrogens (primary N) is 1. The van der Waals surface area contributed by atoms with E-state index in [1.54, 1.807) is 13.3 Å². The van der Waals surface area contributed by atoms with Crippen molar-refractivity contribution in [2.75, 3.05) is 7.11 Å². The Balaban J connectivity index is 2.67. The van der Waals surface area contributed by atoms with E-state index in [1.807, 2.05) is 12.1 Å². The zero-order chi connectivity index (χ0) is 9.26. The molecule has 13 heavy (non-hydrogen) atoms. The van der Waals surface area contributed by atoms with Gasteiger partial charge in [0.25, 0.3) is 0 Å². The molecule has 0 saturated carbocycles. The highest BCUT2D eigenvalue weighted by atomic mass is 16.5. The first-order valence-corrected chi connectivity index (χ1v) is 4.06. The fraction of sp³-hybridized carbons (Fsp3) is 0.222. The van der Waals surface area contributed by atoms with Crippen LogP contribution in [0.3, 0.4) is 0 Å². The third-order valence-electron chi connectivity index (χ3n) is 1.98. The second kappa shape index (κ2) is 3.06. The van der Waals surface area contributed by atoms with Gasteiger partial charge in [-0.05, 0) is 6.07 Å². The highest BCUT2D eigenvalue weighted by Gasteiger charge is 2.04. The number of ether oxygens (including phenoxy) is 1. The molecule has 68 valence electrons. The summed E-state index contributed by atoms with van der Waals surface area (Å²) in [6.45, 7) is 0.486. The number of nitrogens with one attached hydrogen (secondary N) is 1. The Morgan fingerprint density at radius 2 is 2.46 bits per heavy atom. The second-order valence-corrected chi connectivity index (χ2v) is 2.77. The molecule has 2 rings (SSSR count). The number of hydrogen-bond acceptors (Lipinski definition) is 3. The molecule has 0 aromatic carbocycles. The Hall–Kier alpha value is -1.55. The van der Waals surface area contributed by atoms with Crippen molar-refractivity contribution in [3.05, 3.63) is 24.0 Å². The minimum atomic E-state index is 0.486. The lowest BCUT2D eigenvalue weighted by Crippen LogP contribution is -1.95. The van der Waals surface area contributed by atoms with E-state index in [0.717, 1.165) is 22.5 Å². The predicted octanol–water partition coefficient (Wildman–Crippen LogP) is 1.03. The lowest BCUT2D eigenvalue weighted by molar-refractivity contribution is 0.418. The summed E-state index contributed by atoms with van der Waals surface area (Å²) in [6.07, 6.45) is 1.72. The van der Waals surface area contributed by atoms with Crippen LogP contribution in [-0.2, 0) is 6.54 Å². The predicted molar refractivity (Wildman–Crippen MR) is 50.5 cm³/mol. The average molecular weight is 177 g/mol. The van der Waals surface area contributed by atoms with E-state index in [9.17, 15) is 0 Å². The number of fused-ring (bicyclic) bond motifs is 1. The summed E-state index contributed by atoms with van der Waals surface area (Å²) in [5.74, 6) is 0.796. The van der Waals surface area contributed by atoms with Crippen LogP contribution in [0.2, 0.25) is 0 Å². The van der Waals surface area contributed by atoms with Gasteiger partial charge in [0.05, 0.1) is 12.6 Å². The van der Waals surface area contributed by atoms with E-state index in [1.165, 1.54) is 0 Å². The maximum Gasteiger partial charge on any atom is 0.146 e. The number of rotatable bonds is 2. The van der Waals surface area contributed by atoms with Crippen LogP contribution in [0.15, 0.2) is 18.3 Å². The zero-order valence-corrected chi connectivity index (χ0v) is 7.37. The zero-order valence-electron chi connectivity index (χ0n) is 7.37. The molecular weight excluding hydrogens is 166 g/mol. The van der Waals surface area contributed by atoms with Crippen LogP contribution in [0.4, 0.5) is 0 Å². The van der Waals surface area contributed by atoms with E-state index < -0.39 is 0 Å². The number of methoxy groups -OCH3 is 1. The lowest BCUT2D eigenvalue weighted by atomic mass is 10.3. The van der Waals surface area contributed by atoms with E-state index in [2.05, 4.69) is 9.97 Å². The quantitative estimate of drug-likeness (QED) is 0.720. The van der Waals surface area contributed by atoms with Gasteiger partial charge in [-0.15, -0.1) is 0 Å². The SMILES string of the molecule is COc1ccnc2cc(CN)[nH]c12. The normalized spacial score (nSPS) is 10.6. The van der Waals surface area contributed by atoms with Gasteiger partial charge in [0.15, 0.2) is 0 Å². The number of H-pyrrole nitrogens is 1. The Morgan fingerprint density at radius 1 is 1.62 bits per heavy atom. The van der Waals surface area contributed by atoms with Gasteiger partial charge in [0, 0.05) is 24.5 Å². The van der Waals surface area contributed by atoms with Crippen molar-refractivity contribution in [1.29, 1.82) is 0 Å². The Kier molecular flexibility index (Phi) is 1.90. The highest BCUT2D eigenvalue weighted by Crippen LogP contribution is 2.22. The minimum Gasteiger partial charge on any atom is -0.494 e. The first-order chi connectivity index (χ1) is 6.35. The number of aromatic amines is 1. The molecule has 0 spiro atoms. The average Bonchev–Trinajstić information content (AvgIpc) is 2.59. The lowest BCUT2D eigenvalue weighted by Gasteiger charge is -1.98. The van der Waals surface area contributed by atoms with E-state index in [4.69, 9.17) is 10.5 Å². The summed E-state index contributed by atoms with van der Waals surface area (Å²) < 4.78 is 5.17. The fourth-order valence-electron chi connectivity index (χ4n) is 1.34. The molecule has 0 unspecified atom stereocenters. The number of pyridine rings is 1. The van der Waals surface area contributed by atoms with Gasteiger partial charge < -0.3 is 15.5 Å². The maximum atomic E-state index is 5.51. The van der Waals surface area contributed by atoms with Gasteiger partial charge in [0.1, 0.15) is 11.3 Å². The summed E-state index contributed by atoms with van der Waals surface area (Å²) in [7, 11) is 1.64. The monoisotopic (exact) mass is 177 g/mol. The van der Waals surface area contributed by atoms with Crippen LogP contribution in [0.5, 0.6) is 5.75 Å². The van der Waals surface area contributed by atoms with Crippen molar-refractivity contribution >= 4 is 11.0 Å². The summed E-state index contributed by atoms with van der Waals surface area (Å²) in [5.41, 5.74) is 8.27. The first kappa shape index (κ1) is 8.07. The van der Waals surface area contributed by atoms with Crippen LogP contribution < -0.4 is 10.5 Å². The first-order valence-electron chi connectivity index (χ1n) is 4.06. The van der Waals surface area contributed by atoms with Gasteiger partial charge in [-0.25, -0.2) is 0 Å². The largest absolute Gasteiger partial charge is 0.494 e. The van der Waals surface area contributed by atoms with Crippen LogP contribution in [0.25, 0.3) is 11.0 Å². The van der Waals surface area contributed by atoms with Crippen LogP contribution in [-0.4, -0.2) is 17.1 Å². The Morgan fingerprint density at radius 3 is 3.15 bits per heavy atom. The standard InChI is InChI=1S/C9H11N3O/c1-13-8-2-3-11-7-4-6(5-10)12-9(7)8/h2-4,12H,5,10H2,1H3. The van der Waals surface area contributed by atoms with Crippen molar-refractivity contribution in [2.45, 2.75) is 6.54 Å². The van der Waals surface area contributed by atoms with Gasteiger partial charge in [0.2, 0.25) is 0 Å². The van der Waals surface area contributed by atoms with E-state index >= 15 is 0 Å². The summed E-state index contributed by atoms with van der Waals surface area (Å²) in [6, 6.07) is 3.75. The van der Waals surface area contributed by atoms with Crippen LogP contribution >= 0.6 is 0 Å². The van der Waals surface area contributed by atoms with Gasteiger partial charge in [-0.3, -0.25) is 4.98 Å². The molecule has 0 aliphatic carbocycles. The molecular formula is C9H11N3O. The molecule has 0 saturated heterocycles. The Bertz CT molecular complexity index is 422. The molecule has 4 heteroatoms. The highest BCUT2D eigenvalue weighted by molar-refractivity contribution is 5.82. The summed E-state index contributed by atoms with van der Waals surface area (Å²) in [4.78, 5) is 7.34. The molecule has 0 fully saturated rings. The third-order valence-corrected chi connectivity index (χ3v) is 1.98. The van der Waals surface area contributed by atoms with E-state index in [0.29, 0.717) is 6.54 Å². The van der Waals surface area contributed by atoms with Crippen molar-refractivity contribution < 1.29 is 4.74 Å². The molecule has 0 aliphatic heterocycles.